The summed E-state index contributed by atoms with van der Waals surface area (Å²) in [7, 11) is 0. The zero-order valence-electron chi connectivity index (χ0n) is 6.36. The van der Waals surface area contributed by atoms with Gasteiger partial charge in [-0.25, -0.2) is 0 Å². The molecule has 0 N–H and O–H groups in total. The van der Waals surface area contributed by atoms with E-state index in [1.165, 1.54) is 0 Å². The first-order chi connectivity index (χ1) is 5.43. The Morgan fingerprint density at radius 1 is 1.27 bits per heavy atom. The van der Waals surface area contributed by atoms with Gasteiger partial charge in [0, 0.05) is 0 Å². The van der Waals surface area contributed by atoms with E-state index in [0.29, 0.717) is 6.61 Å². The van der Waals surface area contributed by atoms with Gasteiger partial charge in [-0.1, -0.05) is 36.4 Å². The van der Waals surface area contributed by atoms with Crippen molar-refractivity contribution < 1.29 is 4.74 Å². The van der Waals surface area contributed by atoms with Gasteiger partial charge in [0.15, 0.2) is 0 Å². The van der Waals surface area contributed by atoms with E-state index in [9.17, 15) is 0 Å². The second-order valence-corrected chi connectivity index (χ2v) is 2.15. The number of rotatable bonds is 4. The molecule has 0 saturated heterocycles. The standard InChI is InChI=1S/C10H11O/c1-2-8-11-9-10-6-4-3-5-7-10/h2-7,9H,1,8H2. The zero-order valence-corrected chi connectivity index (χ0v) is 6.36. The summed E-state index contributed by atoms with van der Waals surface area (Å²) in [5, 5.41) is 0. The number of hydrogen-bond acceptors (Lipinski definition) is 1. The number of hydrogen-bond donors (Lipinski definition) is 0. The fraction of sp³-hybridized carbons (Fsp3) is 0.100. The van der Waals surface area contributed by atoms with Crippen molar-refractivity contribution in [1.82, 2.24) is 0 Å². The molecule has 1 heteroatoms. The zero-order chi connectivity index (χ0) is 7.94. The van der Waals surface area contributed by atoms with Crippen LogP contribution in [-0.2, 0) is 4.74 Å². The molecule has 0 aliphatic carbocycles. The maximum atomic E-state index is 5.13. The van der Waals surface area contributed by atoms with E-state index < -0.39 is 0 Å². The van der Waals surface area contributed by atoms with E-state index in [-0.39, 0.29) is 0 Å². The van der Waals surface area contributed by atoms with Crippen molar-refractivity contribution in [2.24, 2.45) is 0 Å². The van der Waals surface area contributed by atoms with Gasteiger partial charge in [-0.3, -0.25) is 0 Å². The Kier molecular flexibility index (Phi) is 3.42. The molecule has 1 nitrogen and oxygen atoms in total. The van der Waals surface area contributed by atoms with Crippen LogP contribution in [0.3, 0.4) is 0 Å². The van der Waals surface area contributed by atoms with Crippen molar-refractivity contribution >= 4 is 0 Å². The Morgan fingerprint density at radius 2 is 2.00 bits per heavy atom. The first-order valence-corrected chi connectivity index (χ1v) is 3.54. The lowest BCUT2D eigenvalue weighted by molar-refractivity contribution is 0.248. The third-order valence-electron chi connectivity index (χ3n) is 1.23. The fourth-order valence-corrected chi connectivity index (χ4v) is 0.744. The van der Waals surface area contributed by atoms with E-state index in [1.54, 1.807) is 12.7 Å². The molecule has 0 atom stereocenters. The van der Waals surface area contributed by atoms with Crippen LogP contribution in [0.4, 0.5) is 0 Å². The highest BCUT2D eigenvalue weighted by molar-refractivity contribution is 5.19. The van der Waals surface area contributed by atoms with Gasteiger partial charge in [-0.15, -0.1) is 6.58 Å². The maximum Gasteiger partial charge on any atom is 0.113 e. The predicted octanol–water partition coefficient (Wildman–Crippen LogP) is 2.40. The molecular weight excluding hydrogens is 136 g/mol. The normalized spacial score (nSPS) is 9.45. The topological polar surface area (TPSA) is 9.23 Å². The van der Waals surface area contributed by atoms with Gasteiger partial charge in [0.2, 0.25) is 0 Å². The Bertz CT molecular complexity index is 203. The Hall–Kier alpha value is -1.08. The Labute approximate surface area is 67.3 Å². The van der Waals surface area contributed by atoms with Crippen LogP contribution in [0.1, 0.15) is 5.56 Å². The molecule has 0 amide bonds. The van der Waals surface area contributed by atoms with Crippen LogP contribution in [0.25, 0.3) is 0 Å². The highest BCUT2D eigenvalue weighted by Gasteiger charge is 1.88. The van der Waals surface area contributed by atoms with Gasteiger partial charge in [0.1, 0.15) is 6.61 Å². The van der Waals surface area contributed by atoms with Crippen molar-refractivity contribution in [3.05, 3.63) is 55.2 Å². The van der Waals surface area contributed by atoms with Crippen LogP contribution < -0.4 is 0 Å². The highest BCUT2D eigenvalue weighted by Crippen LogP contribution is 2.01. The van der Waals surface area contributed by atoms with Crippen LogP contribution in [0.15, 0.2) is 43.0 Å². The summed E-state index contributed by atoms with van der Waals surface area (Å²) in [6.45, 7) is 5.84. The summed E-state index contributed by atoms with van der Waals surface area (Å²) < 4.78 is 5.13. The summed E-state index contributed by atoms with van der Waals surface area (Å²) in [4.78, 5) is 0. The maximum absolute atomic E-state index is 5.13. The highest BCUT2D eigenvalue weighted by atomic mass is 16.5. The van der Waals surface area contributed by atoms with Crippen molar-refractivity contribution in [2.75, 3.05) is 6.61 Å². The number of benzene rings is 1. The molecule has 1 radical (unpaired) electrons. The van der Waals surface area contributed by atoms with Crippen molar-refractivity contribution in [3.63, 3.8) is 0 Å². The average Bonchev–Trinajstić information content (AvgIpc) is 2.07. The molecule has 11 heavy (non-hydrogen) atoms. The SMILES string of the molecule is C=CCO[CH]c1ccccc1. The van der Waals surface area contributed by atoms with Gasteiger partial charge < -0.3 is 4.74 Å². The van der Waals surface area contributed by atoms with Crippen molar-refractivity contribution in [2.45, 2.75) is 0 Å². The summed E-state index contributed by atoms with van der Waals surface area (Å²) >= 11 is 0. The lowest BCUT2D eigenvalue weighted by atomic mass is 10.2. The summed E-state index contributed by atoms with van der Waals surface area (Å²) in [5.74, 6) is 0. The second-order valence-electron chi connectivity index (χ2n) is 2.15. The van der Waals surface area contributed by atoms with Crippen molar-refractivity contribution in [3.8, 4) is 0 Å². The predicted molar refractivity (Wildman–Crippen MR) is 46.0 cm³/mol. The van der Waals surface area contributed by atoms with Crippen LogP contribution in [0, 0.1) is 6.61 Å². The molecule has 0 aromatic heterocycles. The lowest BCUT2D eigenvalue weighted by Gasteiger charge is -1.98. The first kappa shape index (κ1) is 8.02. The Morgan fingerprint density at radius 3 is 2.64 bits per heavy atom. The molecule has 0 heterocycles. The van der Waals surface area contributed by atoms with Gasteiger partial charge in [-0.2, -0.15) is 0 Å². The monoisotopic (exact) mass is 147 g/mol. The average molecular weight is 147 g/mol. The quantitative estimate of drug-likeness (QED) is 0.469. The third kappa shape index (κ3) is 3.01. The van der Waals surface area contributed by atoms with Gasteiger partial charge in [0.05, 0.1) is 6.61 Å². The summed E-state index contributed by atoms with van der Waals surface area (Å²) in [6.07, 6.45) is 1.72. The van der Waals surface area contributed by atoms with Gasteiger partial charge >= 0.3 is 0 Å². The van der Waals surface area contributed by atoms with Crippen LogP contribution >= 0.6 is 0 Å². The largest absolute Gasteiger partial charge is 0.366 e. The van der Waals surface area contributed by atoms with E-state index in [2.05, 4.69) is 6.58 Å². The molecule has 0 spiro atoms. The summed E-state index contributed by atoms with van der Waals surface area (Å²) in [5.41, 5.74) is 1.08. The molecule has 0 saturated carbocycles. The minimum Gasteiger partial charge on any atom is -0.366 e. The molecule has 1 rings (SSSR count). The lowest BCUT2D eigenvalue weighted by Crippen LogP contribution is -1.88. The fourth-order valence-electron chi connectivity index (χ4n) is 0.744. The third-order valence-corrected chi connectivity index (χ3v) is 1.23. The minimum atomic E-state index is 0.564. The van der Waals surface area contributed by atoms with E-state index in [4.69, 9.17) is 4.74 Å². The summed E-state index contributed by atoms with van der Waals surface area (Å²) in [6, 6.07) is 9.91. The molecule has 0 aliphatic heterocycles. The number of ether oxygens (including phenoxy) is 1. The van der Waals surface area contributed by atoms with E-state index in [0.717, 1.165) is 5.56 Å². The molecule has 0 bridgehead atoms. The first-order valence-electron chi connectivity index (χ1n) is 3.54. The second kappa shape index (κ2) is 4.69. The molecule has 0 aliphatic rings. The molecular formula is C10H11O. The molecule has 0 fully saturated rings. The minimum absolute atomic E-state index is 0.564. The van der Waals surface area contributed by atoms with Crippen LogP contribution in [0.2, 0.25) is 0 Å². The molecule has 57 valence electrons. The molecule has 1 aromatic carbocycles. The van der Waals surface area contributed by atoms with Crippen LogP contribution in [0.5, 0.6) is 0 Å². The smallest absolute Gasteiger partial charge is 0.113 e. The van der Waals surface area contributed by atoms with Gasteiger partial charge in [-0.05, 0) is 5.56 Å². The van der Waals surface area contributed by atoms with Crippen molar-refractivity contribution in [1.29, 1.82) is 0 Å². The molecule has 1 aromatic rings. The molecule has 0 unspecified atom stereocenters. The van der Waals surface area contributed by atoms with E-state index in [1.807, 2.05) is 30.3 Å². The Balaban J connectivity index is 2.33. The van der Waals surface area contributed by atoms with Gasteiger partial charge in [0.25, 0.3) is 0 Å². The van der Waals surface area contributed by atoms with E-state index >= 15 is 0 Å². The van der Waals surface area contributed by atoms with Crippen LogP contribution in [-0.4, -0.2) is 6.61 Å².